The van der Waals surface area contributed by atoms with E-state index in [1.54, 1.807) is 24.3 Å². The van der Waals surface area contributed by atoms with Gasteiger partial charge in [0.2, 0.25) is 5.91 Å². The molecular weight excluding hydrogens is 367 g/mol. The van der Waals surface area contributed by atoms with Crippen LogP contribution < -0.4 is 4.72 Å². The smallest absolute Gasteiger partial charge is 0.261 e. The van der Waals surface area contributed by atoms with Gasteiger partial charge in [0.05, 0.1) is 11.3 Å². The molecule has 0 unspecified atom stereocenters. The minimum atomic E-state index is -3.79. The molecule has 0 aliphatic carbocycles. The Kier molecular flexibility index (Phi) is 7.36. The minimum absolute atomic E-state index is 0.0158. The summed E-state index contributed by atoms with van der Waals surface area (Å²) >= 11 is 0. The summed E-state index contributed by atoms with van der Waals surface area (Å²) in [5.74, 6) is -0.429. The molecule has 0 aliphatic rings. The topological polar surface area (TPSA) is 66.5 Å². The monoisotopic (exact) mass is 392 g/mol. The van der Waals surface area contributed by atoms with Gasteiger partial charge in [-0.15, -0.1) is 0 Å². The second kappa shape index (κ2) is 9.50. The fourth-order valence-electron chi connectivity index (χ4n) is 2.71. The second-order valence-corrected chi connectivity index (χ2v) is 8.00. The molecule has 2 aromatic carbocycles. The summed E-state index contributed by atoms with van der Waals surface area (Å²) in [6, 6.07) is 11.3. The van der Waals surface area contributed by atoms with Crippen molar-refractivity contribution in [2.45, 2.75) is 38.0 Å². The Hall–Kier alpha value is -2.41. The van der Waals surface area contributed by atoms with Gasteiger partial charge in [0, 0.05) is 18.8 Å². The zero-order valence-electron chi connectivity index (χ0n) is 15.6. The molecular formula is C20H25FN2O3S. The first kappa shape index (κ1) is 20.9. The molecule has 146 valence electrons. The zero-order chi connectivity index (χ0) is 19.9. The number of hydrogen-bond donors (Lipinski definition) is 1. The molecule has 0 aromatic heterocycles. The summed E-state index contributed by atoms with van der Waals surface area (Å²) < 4.78 is 40.0. The number of sulfonamides is 1. The summed E-state index contributed by atoms with van der Waals surface area (Å²) in [6.07, 6.45) is 2.11. The number of nitrogens with zero attached hydrogens (tertiary/aromatic N) is 1. The first-order valence-corrected chi connectivity index (χ1v) is 10.5. The normalized spacial score (nSPS) is 11.2. The first-order valence-electron chi connectivity index (χ1n) is 9.00. The van der Waals surface area contributed by atoms with Crippen LogP contribution >= 0.6 is 0 Å². The van der Waals surface area contributed by atoms with Crippen LogP contribution in [0.15, 0.2) is 53.4 Å². The van der Waals surface area contributed by atoms with E-state index in [4.69, 9.17) is 0 Å². The van der Waals surface area contributed by atoms with Crippen molar-refractivity contribution in [2.75, 3.05) is 17.8 Å². The molecule has 0 heterocycles. The lowest BCUT2D eigenvalue weighted by Gasteiger charge is -2.21. The third-order valence-electron chi connectivity index (χ3n) is 4.03. The molecule has 2 rings (SSSR count). The Balaban J connectivity index is 2.04. The van der Waals surface area contributed by atoms with E-state index in [1.807, 2.05) is 18.7 Å². The third-order valence-corrected chi connectivity index (χ3v) is 5.42. The van der Waals surface area contributed by atoms with Crippen molar-refractivity contribution in [3.63, 3.8) is 0 Å². The molecule has 2 aromatic rings. The quantitative estimate of drug-likeness (QED) is 0.705. The van der Waals surface area contributed by atoms with Crippen molar-refractivity contribution < 1.29 is 17.6 Å². The number of anilines is 1. The van der Waals surface area contributed by atoms with Crippen LogP contribution in [0.1, 0.15) is 32.3 Å². The molecule has 1 N–H and O–H groups in total. The average Bonchev–Trinajstić information content (AvgIpc) is 2.63. The van der Waals surface area contributed by atoms with Crippen LogP contribution in [0, 0.1) is 5.82 Å². The predicted octanol–water partition coefficient (Wildman–Crippen LogP) is 3.82. The van der Waals surface area contributed by atoms with Crippen LogP contribution in [0.4, 0.5) is 10.1 Å². The van der Waals surface area contributed by atoms with E-state index in [0.717, 1.165) is 43.6 Å². The molecule has 7 heteroatoms. The lowest BCUT2D eigenvalue weighted by atomic mass is 10.1. The van der Waals surface area contributed by atoms with Gasteiger partial charge in [-0.25, -0.2) is 12.8 Å². The van der Waals surface area contributed by atoms with Crippen molar-refractivity contribution in [3.05, 3.63) is 59.9 Å². The maximum atomic E-state index is 13.0. The summed E-state index contributed by atoms with van der Waals surface area (Å²) in [5, 5.41) is 0. The number of carbonyl (C=O) groups is 1. The highest BCUT2D eigenvalue weighted by Crippen LogP contribution is 2.17. The van der Waals surface area contributed by atoms with Crippen molar-refractivity contribution in [1.82, 2.24) is 4.90 Å². The highest BCUT2D eigenvalue weighted by molar-refractivity contribution is 7.92. The number of rotatable bonds is 9. The van der Waals surface area contributed by atoms with Crippen molar-refractivity contribution in [3.8, 4) is 0 Å². The number of carbonyl (C=O) groups excluding carboxylic acids is 1. The fraction of sp³-hybridized carbons (Fsp3) is 0.350. The van der Waals surface area contributed by atoms with Gasteiger partial charge in [0.1, 0.15) is 5.82 Å². The molecule has 1 amide bonds. The van der Waals surface area contributed by atoms with E-state index < -0.39 is 15.8 Å². The van der Waals surface area contributed by atoms with Crippen LogP contribution in [0.25, 0.3) is 0 Å². The van der Waals surface area contributed by atoms with E-state index in [0.29, 0.717) is 5.69 Å². The molecule has 0 spiro atoms. The van der Waals surface area contributed by atoms with Crippen molar-refractivity contribution >= 4 is 21.6 Å². The highest BCUT2D eigenvalue weighted by Gasteiger charge is 2.15. The number of hydrogen-bond acceptors (Lipinski definition) is 3. The summed E-state index contributed by atoms with van der Waals surface area (Å²) in [7, 11) is -3.79. The lowest BCUT2D eigenvalue weighted by molar-refractivity contribution is -0.130. The van der Waals surface area contributed by atoms with Crippen LogP contribution in [-0.2, 0) is 21.2 Å². The van der Waals surface area contributed by atoms with Gasteiger partial charge in [-0.05, 0) is 54.8 Å². The second-order valence-electron chi connectivity index (χ2n) is 6.31. The Bertz CT molecular complexity index is 844. The fourth-order valence-corrected chi connectivity index (χ4v) is 3.76. The van der Waals surface area contributed by atoms with Gasteiger partial charge in [-0.3, -0.25) is 9.52 Å². The summed E-state index contributed by atoms with van der Waals surface area (Å²) in [4.78, 5) is 14.2. The molecule has 27 heavy (non-hydrogen) atoms. The largest absolute Gasteiger partial charge is 0.342 e. The highest BCUT2D eigenvalue weighted by atomic mass is 32.2. The molecule has 5 nitrogen and oxygen atoms in total. The van der Waals surface area contributed by atoms with Crippen LogP contribution in [-0.4, -0.2) is 32.3 Å². The number of amides is 1. The molecule has 0 radical (unpaired) electrons. The van der Waals surface area contributed by atoms with Gasteiger partial charge in [0.25, 0.3) is 10.0 Å². The SMILES string of the molecule is CCCN(CCC)C(=O)Cc1ccc(NS(=O)(=O)c2ccc(F)cc2)cc1. The molecule has 0 atom stereocenters. The van der Waals surface area contributed by atoms with Crippen LogP contribution in [0.5, 0.6) is 0 Å². The molecule has 0 saturated heterocycles. The Morgan fingerprint density at radius 3 is 2.04 bits per heavy atom. The zero-order valence-corrected chi connectivity index (χ0v) is 16.4. The predicted molar refractivity (Wildman–Crippen MR) is 105 cm³/mol. The van der Waals surface area contributed by atoms with E-state index in [9.17, 15) is 17.6 Å². The van der Waals surface area contributed by atoms with E-state index in [2.05, 4.69) is 4.72 Å². The summed E-state index contributed by atoms with van der Waals surface area (Å²) in [6.45, 7) is 5.56. The van der Waals surface area contributed by atoms with Gasteiger partial charge in [-0.1, -0.05) is 26.0 Å². The molecule has 0 bridgehead atoms. The standard InChI is InChI=1S/C20H25FN2O3S/c1-3-13-23(14-4-2)20(24)15-16-5-9-18(10-6-16)22-27(25,26)19-11-7-17(21)8-12-19/h5-12,22H,3-4,13-15H2,1-2H3. The minimum Gasteiger partial charge on any atom is -0.342 e. The van der Waals surface area contributed by atoms with Crippen LogP contribution in [0.3, 0.4) is 0 Å². The number of halogens is 1. The molecule has 0 saturated carbocycles. The Labute approximate surface area is 160 Å². The number of benzene rings is 2. The van der Waals surface area contributed by atoms with Gasteiger partial charge in [0.15, 0.2) is 0 Å². The third kappa shape index (κ3) is 6.06. The molecule has 0 fully saturated rings. The van der Waals surface area contributed by atoms with Crippen molar-refractivity contribution in [1.29, 1.82) is 0 Å². The first-order chi connectivity index (χ1) is 12.9. The van der Waals surface area contributed by atoms with E-state index >= 15 is 0 Å². The summed E-state index contributed by atoms with van der Waals surface area (Å²) in [5.41, 5.74) is 1.21. The lowest BCUT2D eigenvalue weighted by Crippen LogP contribution is -2.33. The van der Waals surface area contributed by atoms with Crippen LogP contribution in [0.2, 0.25) is 0 Å². The average molecular weight is 392 g/mol. The Morgan fingerprint density at radius 1 is 0.963 bits per heavy atom. The maximum absolute atomic E-state index is 13.0. The molecule has 0 aliphatic heterocycles. The van der Waals surface area contributed by atoms with Gasteiger partial charge in [-0.2, -0.15) is 0 Å². The van der Waals surface area contributed by atoms with E-state index in [-0.39, 0.29) is 17.2 Å². The van der Waals surface area contributed by atoms with Gasteiger partial charge >= 0.3 is 0 Å². The maximum Gasteiger partial charge on any atom is 0.261 e. The number of nitrogens with one attached hydrogen (secondary N) is 1. The van der Waals surface area contributed by atoms with Gasteiger partial charge < -0.3 is 4.90 Å². The van der Waals surface area contributed by atoms with E-state index in [1.165, 1.54) is 12.1 Å². The Morgan fingerprint density at radius 2 is 1.52 bits per heavy atom. The van der Waals surface area contributed by atoms with Crippen molar-refractivity contribution in [2.24, 2.45) is 0 Å².